The van der Waals surface area contributed by atoms with E-state index in [4.69, 9.17) is 24.0 Å². The molecule has 5 fully saturated rings. The van der Waals surface area contributed by atoms with Crippen LogP contribution in [0.4, 0.5) is 0 Å². The molecule has 0 N–H and O–H groups in total. The van der Waals surface area contributed by atoms with Crippen molar-refractivity contribution in [1.82, 2.24) is 0 Å². The van der Waals surface area contributed by atoms with Crippen LogP contribution in [0.1, 0.15) is 53.4 Å². The first-order chi connectivity index (χ1) is 10.5. The van der Waals surface area contributed by atoms with Crippen molar-refractivity contribution < 1.29 is 24.0 Å². The molecule has 0 aromatic heterocycles. The maximum Gasteiger partial charge on any atom is 0.201 e. The summed E-state index contributed by atoms with van der Waals surface area (Å²) in [5.41, 5.74) is -0.472. The summed E-state index contributed by atoms with van der Waals surface area (Å²) in [4.78, 5) is 11.9. The second kappa shape index (κ2) is 5.15. The maximum atomic E-state index is 6.25. The number of ether oxygens (including phenoxy) is 3. The minimum atomic E-state index is -0.700. The van der Waals surface area contributed by atoms with Gasteiger partial charge in [-0.2, -0.15) is 0 Å². The second-order valence-corrected chi connectivity index (χ2v) is 7.73. The summed E-state index contributed by atoms with van der Waals surface area (Å²) in [7, 11) is 0. The SMILES string of the molecule is CCO[C@@H]1O[C@H]2O[C@@]3(C)CC[C@H]4[C@H](C)CC[C@@H]([C@H]1C)[C@@]24OO3. The van der Waals surface area contributed by atoms with Crippen molar-refractivity contribution in [1.29, 1.82) is 0 Å². The van der Waals surface area contributed by atoms with E-state index >= 15 is 0 Å². The Hall–Kier alpha value is -0.200. The molecular weight excluding hydrogens is 284 g/mol. The monoisotopic (exact) mass is 312 g/mol. The molecule has 4 heterocycles. The van der Waals surface area contributed by atoms with Crippen LogP contribution in [0.5, 0.6) is 0 Å². The molecule has 8 atom stereocenters. The number of hydrogen-bond acceptors (Lipinski definition) is 5. The lowest BCUT2D eigenvalue weighted by atomic mass is 9.58. The van der Waals surface area contributed by atoms with E-state index in [1.165, 1.54) is 6.42 Å². The summed E-state index contributed by atoms with van der Waals surface area (Å²) in [6.07, 6.45) is 3.66. The molecule has 22 heavy (non-hydrogen) atoms. The standard InChI is InChI=1S/C17H28O5/c1-5-18-14-11(3)13-7-6-10(2)12-8-9-16(4)20-15(19-14)17(12,13)22-21-16/h10-15H,5-9H2,1-4H3/t10-,11-,12+,13+,14-,15+,16-,17-/m1/s1. The van der Waals surface area contributed by atoms with E-state index in [0.29, 0.717) is 24.4 Å². The highest BCUT2D eigenvalue weighted by Gasteiger charge is 2.69. The zero-order valence-electron chi connectivity index (χ0n) is 14.0. The molecule has 0 aromatic carbocycles. The Balaban J connectivity index is 1.75. The molecule has 1 saturated carbocycles. The molecule has 1 spiro atoms. The van der Waals surface area contributed by atoms with Gasteiger partial charge in [0, 0.05) is 24.9 Å². The predicted octanol–water partition coefficient (Wildman–Crippen LogP) is 3.23. The Morgan fingerprint density at radius 2 is 1.91 bits per heavy atom. The Morgan fingerprint density at radius 1 is 1.09 bits per heavy atom. The third-order valence-electron chi connectivity index (χ3n) is 6.43. The van der Waals surface area contributed by atoms with E-state index in [0.717, 1.165) is 19.3 Å². The fraction of sp³-hybridized carbons (Fsp3) is 1.00. The Bertz CT molecular complexity index is 443. The van der Waals surface area contributed by atoms with Gasteiger partial charge in [0.05, 0.1) is 0 Å². The van der Waals surface area contributed by atoms with Crippen LogP contribution in [0, 0.1) is 23.7 Å². The Kier molecular flexibility index (Phi) is 3.59. The Morgan fingerprint density at radius 3 is 2.68 bits per heavy atom. The largest absolute Gasteiger partial charge is 0.353 e. The third kappa shape index (κ3) is 1.96. The van der Waals surface area contributed by atoms with Crippen LogP contribution in [0.3, 0.4) is 0 Å². The van der Waals surface area contributed by atoms with E-state index in [1.54, 1.807) is 0 Å². The topological polar surface area (TPSA) is 46.2 Å². The summed E-state index contributed by atoms with van der Waals surface area (Å²) in [6.45, 7) is 9.15. The summed E-state index contributed by atoms with van der Waals surface area (Å²) in [6, 6.07) is 0. The van der Waals surface area contributed by atoms with Crippen LogP contribution in [0.15, 0.2) is 0 Å². The number of rotatable bonds is 2. The van der Waals surface area contributed by atoms with Gasteiger partial charge in [-0.15, -0.1) is 0 Å². The smallest absolute Gasteiger partial charge is 0.201 e. The average Bonchev–Trinajstić information content (AvgIpc) is 2.71. The normalized spacial score (nSPS) is 57.3. The maximum absolute atomic E-state index is 6.25. The van der Waals surface area contributed by atoms with Gasteiger partial charge in [0.1, 0.15) is 0 Å². The van der Waals surface area contributed by atoms with Gasteiger partial charge in [0.15, 0.2) is 18.2 Å². The molecular formula is C17H28O5. The number of fused-ring (bicyclic) bond motifs is 2. The second-order valence-electron chi connectivity index (χ2n) is 7.73. The van der Waals surface area contributed by atoms with Crippen LogP contribution in [0.25, 0.3) is 0 Å². The summed E-state index contributed by atoms with van der Waals surface area (Å²) < 4.78 is 18.3. The van der Waals surface area contributed by atoms with Gasteiger partial charge in [-0.3, -0.25) is 0 Å². The lowest BCUT2D eigenvalue weighted by Crippen LogP contribution is -2.70. The highest BCUT2D eigenvalue weighted by Crippen LogP contribution is 2.60. The molecule has 5 rings (SSSR count). The lowest BCUT2D eigenvalue weighted by Gasteiger charge is -2.60. The van der Waals surface area contributed by atoms with Crippen LogP contribution in [0.2, 0.25) is 0 Å². The fourth-order valence-electron chi connectivity index (χ4n) is 5.23. The molecule has 5 nitrogen and oxygen atoms in total. The number of hydrogen-bond donors (Lipinski definition) is 0. The van der Waals surface area contributed by atoms with Gasteiger partial charge in [-0.1, -0.05) is 13.8 Å². The van der Waals surface area contributed by atoms with Gasteiger partial charge in [0.2, 0.25) is 5.79 Å². The zero-order valence-corrected chi connectivity index (χ0v) is 14.0. The minimum absolute atomic E-state index is 0.216. The van der Waals surface area contributed by atoms with Gasteiger partial charge >= 0.3 is 0 Å². The molecule has 5 heteroatoms. The van der Waals surface area contributed by atoms with Crippen molar-refractivity contribution in [3.05, 3.63) is 0 Å². The summed E-state index contributed by atoms with van der Waals surface area (Å²) in [5.74, 6) is 0.957. The molecule has 4 aliphatic heterocycles. The minimum Gasteiger partial charge on any atom is -0.353 e. The first-order valence-electron chi connectivity index (χ1n) is 8.82. The average molecular weight is 312 g/mol. The van der Waals surface area contributed by atoms with Crippen molar-refractivity contribution in [2.24, 2.45) is 23.7 Å². The van der Waals surface area contributed by atoms with Crippen LogP contribution >= 0.6 is 0 Å². The van der Waals surface area contributed by atoms with Gasteiger partial charge < -0.3 is 14.2 Å². The van der Waals surface area contributed by atoms with E-state index in [2.05, 4.69) is 13.8 Å². The van der Waals surface area contributed by atoms with E-state index in [-0.39, 0.29) is 18.5 Å². The molecule has 126 valence electrons. The fourth-order valence-corrected chi connectivity index (χ4v) is 5.23. The molecule has 5 aliphatic rings. The highest BCUT2D eigenvalue weighted by molar-refractivity contribution is 5.09. The molecule has 0 amide bonds. The molecule has 0 unspecified atom stereocenters. The zero-order chi connectivity index (χ0) is 15.5. The van der Waals surface area contributed by atoms with E-state index in [1.807, 2.05) is 13.8 Å². The van der Waals surface area contributed by atoms with E-state index in [9.17, 15) is 0 Å². The highest BCUT2D eigenvalue weighted by atomic mass is 17.3. The first kappa shape index (κ1) is 15.3. The summed E-state index contributed by atoms with van der Waals surface area (Å²) >= 11 is 0. The molecule has 0 radical (unpaired) electrons. The van der Waals surface area contributed by atoms with Crippen LogP contribution in [-0.2, 0) is 24.0 Å². The molecule has 2 bridgehead atoms. The molecule has 0 aromatic rings. The van der Waals surface area contributed by atoms with Crippen LogP contribution in [-0.4, -0.2) is 30.6 Å². The quantitative estimate of drug-likeness (QED) is 0.733. The molecule has 4 saturated heterocycles. The Labute approximate surface area is 132 Å². The van der Waals surface area contributed by atoms with Crippen molar-refractivity contribution in [2.45, 2.75) is 77.3 Å². The van der Waals surface area contributed by atoms with Crippen LogP contribution < -0.4 is 0 Å². The first-order valence-corrected chi connectivity index (χ1v) is 8.82. The van der Waals surface area contributed by atoms with Gasteiger partial charge in [-0.05, 0) is 44.9 Å². The summed E-state index contributed by atoms with van der Waals surface area (Å²) in [5, 5.41) is 0. The lowest BCUT2D eigenvalue weighted by molar-refractivity contribution is -0.577. The van der Waals surface area contributed by atoms with E-state index < -0.39 is 11.4 Å². The van der Waals surface area contributed by atoms with Crippen molar-refractivity contribution >= 4 is 0 Å². The predicted molar refractivity (Wildman–Crippen MR) is 78.5 cm³/mol. The van der Waals surface area contributed by atoms with Crippen molar-refractivity contribution in [3.8, 4) is 0 Å². The third-order valence-corrected chi connectivity index (χ3v) is 6.43. The van der Waals surface area contributed by atoms with Gasteiger partial charge in [0.25, 0.3) is 0 Å². The van der Waals surface area contributed by atoms with Crippen molar-refractivity contribution in [2.75, 3.05) is 6.61 Å². The molecule has 1 aliphatic carbocycles. The van der Waals surface area contributed by atoms with Gasteiger partial charge in [-0.25, -0.2) is 9.78 Å². The van der Waals surface area contributed by atoms with Crippen molar-refractivity contribution in [3.63, 3.8) is 0 Å².